The monoisotopic (exact) mass is 543 g/mol. The van der Waals surface area contributed by atoms with Crippen molar-refractivity contribution in [2.75, 3.05) is 29.7 Å². The van der Waals surface area contributed by atoms with Gasteiger partial charge in [-0.25, -0.2) is 13.3 Å². The van der Waals surface area contributed by atoms with Gasteiger partial charge in [0.1, 0.15) is 18.4 Å². The number of rotatable bonds is 6. The minimum absolute atomic E-state index is 0.0633. The van der Waals surface area contributed by atoms with Crippen molar-refractivity contribution in [3.63, 3.8) is 0 Å². The highest BCUT2D eigenvalue weighted by Crippen LogP contribution is 2.34. The van der Waals surface area contributed by atoms with Crippen LogP contribution in [0.2, 0.25) is 0 Å². The van der Waals surface area contributed by atoms with Crippen LogP contribution in [0.5, 0.6) is 5.75 Å². The zero-order valence-corrected chi connectivity index (χ0v) is 22.0. The van der Waals surface area contributed by atoms with Crippen LogP contribution in [0.15, 0.2) is 18.2 Å². The number of carbonyl (C=O) groups is 2. The standard InChI is InChI=1S/C31H17N3O5S/c1-4-5-6-7-8-9-10-11-12-13-14-15-16-17-18-19-20-26-23-30(35)34(31(26)36)27-21-22-28(33-40(3,37)38)29(24-27)39-25-32-2/h1,21-22,24,26,32-33H,23,25H2,2-3H3. The lowest BCUT2D eigenvalue weighted by molar-refractivity contribution is -0.121. The van der Waals surface area contributed by atoms with Gasteiger partial charge in [0.15, 0.2) is 0 Å². The van der Waals surface area contributed by atoms with Crippen molar-refractivity contribution < 1.29 is 22.7 Å². The smallest absolute Gasteiger partial charge is 0.249 e. The molecule has 2 rings (SSSR count). The Labute approximate surface area is 234 Å². The lowest BCUT2D eigenvalue weighted by Gasteiger charge is -2.18. The summed E-state index contributed by atoms with van der Waals surface area (Å²) in [6.45, 7) is 0.0633. The van der Waals surface area contributed by atoms with Crippen LogP contribution in [-0.2, 0) is 19.6 Å². The van der Waals surface area contributed by atoms with Gasteiger partial charge in [-0.15, -0.1) is 6.42 Å². The van der Waals surface area contributed by atoms with Crippen molar-refractivity contribution in [1.29, 1.82) is 0 Å². The molecule has 1 unspecified atom stereocenters. The summed E-state index contributed by atoms with van der Waals surface area (Å²) < 4.78 is 31.1. The second-order valence-electron chi connectivity index (χ2n) is 7.18. The molecule has 192 valence electrons. The third-order valence-electron chi connectivity index (χ3n) is 4.23. The molecule has 0 radical (unpaired) electrons. The minimum Gasteiger partial charge on any atom is -0.476 e. The molecule has 8 nitrogen and oxygen atoms in total. The van der Waals surface area contributed by atoms with Crippen LogP contribution >= 0.6 is 0 Å². The number of nitrogens with one attached hydrogen (secondary N) is 2. The first kappa shape index (κ1) is 30.1. The number of terminal acetylenes is 1. The predicted molar refractivity (Wildman–Crippen MR) is 151 cm³/mol. The molecule has 1 aromatic carbocycles. The maximum atomic E-state index is 12.8. The van der Waals surface area contributed by atoms with Crippen LogP contribution in [0.25, 0.3) is 0 Å². The SMILES string of the molecule is C#CC#CC#CC#CC#CC#CC#CC#CC#CC1CC(=O)N(c2ccc(NS(C)(=O)=O)c(OCNC)c2)C1=O. The number of anilines is 2. The fourth-order valence-electron chi connectivity index (χ4n) is 2.78. The van der Waals surface area contributed by atoms with Gasteiger partial charge >= 0.3 is 0 Å². The van der Waals surface area contributed by atoms with Crippen LogP contribution in [0, 0.1) is 113 Å². The van der Waals surface area contributed by atoms with E-state index in [0.29, 0.717) is 0 Å². The van der Waals surface area contributed by atoms with E-state index in [1.54, 1.807) is 7.05 Å². The van der Waals surface area contributed by atoms with Gasteiger partial charge < -0.3 is 4.74 Å². The molecule has 1 aliphatic rings. The Morgan fingerprint density at radius 2 is 1.43 bits per heavy atom. The number of ether oxygens (including phenoxy) is 1. The lowest BCUT2D eigenvalue weighted by atomic mass is 10.1. The van der Waals surface area contributed by atoms with Gasteiger partial charge in [0.2, 0.25) is 21.8 Å². The molecule has 0 aliphatic carbocycles. The minimum atomic E-state index is -3.58. The van der Waals surface area contributed by atoms with Crippen molar-refractivity contribution in [3.8, 4) is 113 Å². The summed E-state index contributed by atoms with van der Waals surface area (Å²) in [5, 5.41) is 2.77. The maximum absolute atomic E-state index is 12.8. The number of sulfonamides is 1. The van der Waals surface area contributed by atoms with E-state index in [1.807, 2.05) is 0 Å². The molecule has 0 aromatic heterocycles. The highest BCUT2D eigenvalue weighted by atomic mass is 32.2. The van der Waals surface area contributed by atoms with Gasteiger partial charge in [-0.3, -0.25) is 19.6 Å². The third kappa shape index (κ3) is 10.5. The Bertz CT molecular complexity index is 1880. The van der Waals surface area contributed by atoms with E-state index in [0.717, 1.165) is 11.2 Å². The number of hydrogen-bond acceptors (Lipinski definition) is 6. The number of imide groups is 1. The van der Waals surface area contributed by atoms with Crippen molar-refractivity contribution in [3.05, 3.63) is 18.2 Å². The normalized spacial score (nSPS) is 12.2. The van der Waals surface area contributed by atoms with Gasteiger partial charge in [-0.2, -0.15) is 0 Å². The van der Waals surface area contributed by atoms with Gasteiger partial charge in [-0.1, -0.05) is 5.92 Å². The molecule has 1 saturated heterocycles. The second-order valence-corrected chi connectivity index (χ2v) is 8.93. The average Bonchev–Trinajstić information content (AvgIpc) is 3.19. The van der Waals surface area contributed by atoms with E-state index in [4.69, 9.17) is 11.2 Å². The quantitative estimate of drug-likeness (QED) is 0.301. The molecular formula is C31H17N3O5S. The number of amides is 2. The summed E-state index contributed by atoms with van der Waals surface area (Å²) >= 11 is 0. The second kappa shape index (κ2) is 15.9. The number of nitrogens with zero attached hydrogens (tertiary/aromatic N) is 1. The number of benzene rings is 1. The molecule has 1 aliphatic heterocycles. The molecule has 1 aromatic rings. The van der Waals surface area contributed by atoms with Crippen molar-refractivity contribution >= 4 is 33.2 Å². The molecule has 0 saturated carbocycles. The van der Waals surface area contributed by atoms with Crippen LogP contribution in [0.1, 0.15) is 6.42 Å². The molecule has 9 heteroatoms. The summed E-state index contributed by atoms with van der Waals surface area (Å²) in [5.74, 6) is 39.8. The molecular weight excluding hydrogens is 526 g/mol. The molecule has 40 heavy (non-hydrogen) atoms. The van der Waals surface area contributed by atoms with Crippen LogP contribution in [0.3, 0.4) is 0 Å². The predicted octanol–water partition coefficient (Wildman–Crippen LogP) is 0.154. The van der Waals surface area contributed by atoms with Crippen molar-refractivity contribution in [2.45, 2.75) is 6.42 Å². The fraction of sp³-hybridized carbons (Fsp3) is 0.161. The van der Waals surface area contributed by atoms with Gasteiger partial charge in [0.25, 0.3) is 0 Å². The number of hydrogen-bond donors (Lipinski definition) is 2. The Kier molecular flexibility index (Phi) is 12.0. The molecule has 1 heterocycles. The first-order valence-electron chi connectivity index (χ1n) is 11.0. The third-order valence-corrected chi connectivity index (χ3v) is 4.82. The van der Waals surface area contributed by atoms with Crippen molar-refractivity contribution in [2.24, 2.45) is 5.92 Å². The van der Waals surface area contributed by atoms with E-state index in [1.165, 1.54) is 18.2 Å². The highest BCUT2D eigenvalue weighted by molar-refractivity contribution is 7.92. The molecule has 0 bridgehead atoms. The zero-order chi connectivity index (χ0) is 29.2. The van der Waals surface area contributed by atoms with Crippen LogP contribution in [0.4, 0.5) is 11.4 Å². The molecule has 0 spiro atoms. The Balaban J connectivity index is 2.06. The van der Waals surface area contributed by atoms with E-state index in [9.17, 15) is 18.0 Å². The highest BCUT2D eigenvalue weighted by Gasteiger charge is 2.39. The van der Waals surface area contributed by atoms with E-state index in [-0.39, 0.29) is 30.3 Å². The summed E-state index contributed by atoms with van der Waals surface area (Å²) in [5.41, 5.74) is 0.378. The fourth-order valence-corrected chi connectivity index (χ4v) is 3.35. The van der Waals surface area contributed by atoms with Crippen molar-refractivity contribution in [1.82, 2.24) is 5.32 Å². The van der Waals surface area contributed by atoms with E-state index < -0.39 is 27.8 Å². The maximum Gasteiger partial charge on any atom is 0.249 e. The Morgan fingerprint density at radius 1 is 0.900 bits per heavy atom. The average molecular weight is 544 g/mol. The molecule has 1 fully saturated rings. The van der Waals surface area contributed by atoms with E-state index >= 15 is 0 Å². The first-order valence-corrected chi connectivity index (χ1v) is 12.9. The van der Waals surface area contributed by atoms with Gasteiger partial charge in [-0.05, 0) is 114 Å². The topological polar surface area (TPSA) is 105 Å². The largest absolute Gasteiger partial charge is 0.476 e. The number of carbonyl (C=O) groups excluding carboxylic acids is 2. The van der Waals surface area contributed by atoms with Gasteiger partial charge in [0, 0.05) is 6.07 Å². The summed E-state index contributed by atoms with van der Waals surface area (Å²) in [4.78, 5) is 26.4. The molecule has 1 atom stereocenters. The molecule has 2 N–H and O–H groups in total. The Hall–Kier alpha value is -6.09. The van der Waals surface area contributed by atoms with Gasteiger partial charge in [0.05, 0.1) is 24.1 Å². The van der Waals surface area contributed by atoms with Crippen LogP contribution < -0.4 is 19.7 Å². The summed E-state index contributed by atoms with van der Waals surface area (Å²) in [6, 6.07) is 4.24. The van der Waals surface area contributed by atoms with Crippen LogP contribution in [-0.4, -0.2) is 40.3 Å². The molecule has 2 amide bonds. The van der Waals surface area contributed by atoms with E-state index in [2.05, 4.69) is 111 Å². The Morgan fingerprint density at radius 3 is 1.93 bits per heavy atom. The first-order chi connectivity index (χ1) is 19.3. The lowest BCUT2D eigenvalue weighted by Crippen LogP contribution is -2.30. The summed E-state index contributed by atoms with van der Waals surface area (Å²) in [6.07, 6.45) is 5.80. The summed E-state index contributed by atoms with van der Waals surface area (Å²) in [7, 11) is -1.95. The zero-order valence-electron chi connectivity index (χ0n) is 21.2.